The molecule has 5 N–H and O–H groups in total. The molecule has 0 radical (unpaired) electrons. The summed E-state index contributed by atoms with van der Waals surface area (Å²) in [6.45, 7) is 0. The van der Waals surface area contributed by atoms with E-state index in [-0.39, 0.29) is 0 Å². The molecule has 0 atom stereocenters. The molecule has 0 saturated heterocycles. The summed E-state index contributed by atoms with van der Waals surface area (Å²) in [7, 11) is 0. The number of nitrogens with zero attached hydrogens (tertiary/aromatic N) is 3. The number of alkyl halides is 6. The highest BCUT2D eigenvalue weighted by Gasteiger charge is 2.38. The zero-order valence-corrected chi connectivity index (χ0v) is 15.1. The van der Waals surface area contributed by atoms with Gasteiger partial charge in [-0.15, -0.1) is 0 Å². The van der Waals surface area contributed by atoms with Crippen molar-refractivity contribution in [3.8, 4) is 11.4 Å². The van der Waals surface area contributed by atoms with Gasteiger partial charge in [0.05, 0.1) is 5.69 Å². The molecule has 0 fully saturated rings. The summed E-state index contributed by atoms with van der Waals surface area (Å²) < 4.78 is 63.5. The number of carbonyl (C=O) groups excluding carboxylic acids is 1. The fourth-order valence-corrected chi connectivity index (χ4v) is 2.22. The van der Waals surface area contributed by atoms with Gasteiger partial charge < -0.3 is 15.9 Å². The van der Waals surface area contributed by atoms with Crippen molar-refractivity contribution in [2.45, 2.75) is 31.6 Å². The summed E-state index contributed by atoms with van der Waals surface area (Å²) in [6, 6.07) is 0. The van der Waals surface area contributed by atoms with Gasteiger partial charge in [0.15, 0.2) is 0 Å². The van der Waals surface area contributed by atoms with Crippen LogP contribution >= 0.6 is 0 Å². The Hall–Kier alpha value is -3.72. The maximum absolute atomic E-state index is 11.3. The molecule has 0 saturated carbocycles. The van der Waals surface area contributed by atoms with Crippen LogP contribution in [-0.4, -0.2) is 60.6 Å². The number of nitrogens with one attached hydrogen (secondary N) is 1. The van der Waals surface area contributed by atoms with Gasteiger partial charge in [-0.3, -0.25) is 9.89 Å². The van der Waals surface area contributed by atoms with Gasteiger partial charge in [0.25, 0.3) is 5.91 Å². The molecule has 2 aromatic heterocycles. The summed E-state index contributed by atoms with van der Waals surface area (Å²) in [4.78, 5) is 37.3. The topological polar surface area (TPSA) is 172 Å². The van der Waals surface area contributed by atoms with E-state index in [0.717, 1.165) is 41.8 Å². The van der Waals surface area contributed by atoms with E-state index in [2.05, 4.69) is 20.2 Å². The molecule has 0 unspecified atom stereocenters. The van der Waals surface area contributed by atoms with Crippen LogP contribution in [0.4, 0.5) is 26.3 Å². The second kappa shape index (κ2) is 9.86. The van der Waals surface area contributed by atoms with Crippen molar-refractivity contribution < 1.29 is 50.9 Å². The van der Waals surface area contributed by atoms with Gasteiger partial charge in [0.2, 0.25) is 0 Å². The minimum absolute atomic E-state index is 0.395. The number of hydrogen-bond acceptors (Lipinski definition) is 6. The number of H-pyrrole nitrogens is 1. The van der Waals surface area contributed by atoms with Crippen molar-refractivity contribution in [2.75, 3.05) is 0 Å². The average Bonchev–Trinajstić information content (AvgIpc) is 2.97. The largest absolute Gasteiger partial charge is 0.490 e. The van der Waals surface area contributed by atoms with Crippen LogP contribution in [0.1, 0.15) is 28.0 Å². The predicted molar refractivity (Wildman–Crippen MR) is 87.5 cm³/mol. The Balaban J connectivity index is 0.000000288. The van der Waals surface area contributed by atoms with E-state index in [1.165, 1.54) is 6.33 Å². The number of fused-ring (bicyclic) bond motifs is 3. The van der Waals surface area contributed by atoms with Gasteiger partial charge in [-0.25, -0.2) is 19.6 Å². The first kappa shape index (κ1) is 25.3. The van der Waals surface area contributed by atoms with E-state index in [0.29, 0.717) is 5.69 Å². The molecule has 170 valence electrons. The summed E-state index contributed by atoms with van der Waals surface area (Å²) >= 11 is 0. The van der Waals surface area contributed by atoms with Gasteiger partial charge in [-0.2, -0.15) is 31.4 Å². The number of carbonyl (C=O) groups is 3. The monoisotopic (exact) mass is 457 g/mol. The maximum atomic E-state index is 11.3. The molecule has 0 bridgehead atoms. The molecule has 2 aromatic rings. The van der Waals surface area contributed by atoms with Crippen LogP contribution in [0.25, 0.3) is 11.4 Å². The molecule has 3 rings (SSSR count). The number of aliphatic carboxylic acids is 2. The van der Waals surface area contributed by atoms with Crippen LogP contribution in [0.3, 0.4) is 0 Å². The Morgan fingerprint density at radius 2 is 1.48 bits per heavy atom. The molecule has 2 heterocycles. The van der Waals surface area contributed by atoms with Crippen LogP contribution in [0.15, 0.2) is 12.5 Å². The number of primary amides is 1. The zero-order chi connectivity index (χ0) is 24.0. The van der Waals surface area contributed by atoms with Crippen molar-refractivity contribution in [1.82, 2.24) is 20.2 Å². The van der Waals surface area contributed by atoms with Crippen molar-refractivity contribution >= 4 is 17.8 Å². The Kier molecular flexibility index (Phi) is 8.05. The lowest BCUT2D eigenvalue weighted by Gasteiger charge is -2.00. The standard InChI is InChI=1S/C11H11N5O.2C2HF3O2/c12-11(17)10-7-3-1-2-6-4-13-5-14-8(6)9(7)15-16-10;2*3-2(4,5)1(6)7/h4-5H,1-3H2,(H2,12,17)(H,15,16);2*(H,6,7). The number of nitrogens with two attached hydrogens (primary N) is 1. The van der Waals surface area contributed by atoms with Crippen molar-refractivity contribution in [3.05, 3.63) is 29.3 Å². The number of rotatable bonds is 1. The third-order valence-corrected chi connectivity index (χ3v) is 3.48. The molecule has 10 nitrogen and oxygen atoms in total. The van der Waals surface area contributed by atoms with Crippen LogP contribution in [0, 0.1) is 0 Å². The van der Waals surface area contributed by atoms with Crippen LogP contribution < -0.4 is 5.73 Å². The molecule has 31 heavy (non-hydrogen) atoms. The highest BCUT2D eigenvalue weighted by Crippen LogP contribution is 2.30. The Bertz CT molecular complexity index is 932. The molecular weight excluding hydrogens is 444 g/mol. The second-order valence-corrected chi connectivity index (χ2v) is 5.65. The lowest BCUT2D eigenvalue weighted by molar-refractivity contribution is -0.193. The van der Waals surface area contributed by atoms with E-state index in [1.807, 2.05) is 0 Å². The number of aromatic amines is 1. The zero-order valence-electron chi connectivity index (χ0n) is 15.1. The Morgan fingerprint density at radius 3 is 1.94 bits per heavy atom. The fraction of sp³-hybridized carbons (Fsp3) is 0.333. The smallest absolute Gasteiger partial charge is 0.475 e. The number of carboxylic acids is 2. The van der Waals surface area contributed by atoms with E-state index < -0.39 is 30.2 Å². The third kappa shape index (κ3) is 7.23. The summed E-state index contributed by atoms with van der Waals surface area (Å²) in [5, 5.41) is 21.1. The summed E-state index contributed by atoms with van der Waals surface area (Å²) in [5.74, 6) is -5.99. The van der Waals surface area contributed by atoms with E-state index in [4.69, 9.17) is 25.5 Å². The van der Waals surface area contributed by atoms with Crippen molar-refractivity contribution in [2.24, 2.45) is 5.73 Å². The number of aryl methyl sites for hydroxylation is 1. The van der Waals surface area contributed by atoms with E-state index in [1.54, 1.807) is 6.20 Å². The number of halogens is 6. The van der Waals surface area contributed by atoms with Gasteiger partial charge in [0, 0.05) is 11.8 Å². The molecule has 0 aromatic carbocycles. The minimum Gasteiger partial charge on any atom is -0.475 e. The molecule has 1 amide bonds. The fourth-order valence-electron chi connectivity index (χ4n) is 2.22. The van der Waals surface area contributed by atoms with Gasteiger partial charge >= 0.3 is 24.3 Å². The second-order valence-electron chi connectivity index (χ2n) is 5.65. The Labute approximate surface area is 168 Å². The van der Waals surface area contributed by atoms with Crippen LogP contribution in [-0.2, 0) is 22.4 Å². The molecule has 1 aliphatic carbocycles. The van der Waals surface area contributed by atoms with E-state index in [9.17, 15) is 31.1 Å². The first-order chi connectivity index (χ1) is 14.2. The first-order valence-corrected chi connectivity index (χ1v) is 7.92. The Morgan fingerprint density at radius 1 is 0.968 bits per heavy atom. The first-order valence-electron chi connectivity index (χ1n) is 7.92. The number of amides is 1. The third-order valence-electron chi connectivity index (χ3n) is 3.48. The molecule has 0 aliphatic heterocycles. The lowest BCUT2D eigenvalue weighted by atomic mass is 10.1. The minimum atomic E-state index is -5.08. The number of carboxylic acid groups (broad SMARTS) is 2. The quantitative estimate of drug-likeness (QED) is 0.469. The van der Waals surface area contributed by atoms with Gasteiger partial charge in [-0.1, -0.05) is 0 Å². The summed E-state index contributed by atoms with van der Waals surface area (Å²) in [6.07, 6.45) is -4.26. The lowest BCUT2D eigenvalue weighted by Crippen LogP contribution is -2.21. The highest BCUT2D eigenvalue weighted by atomic mass is 19.4. The van der Waals surface area contributed by atoms with Gasteiger partial charge in [0.1, 0.15) is 17.7 Å². The van der Waals surface area contributed by atoms with Crippen LogP contribution in [0.5, 0.6) is 0 Å². The molecule has 0 spiro atoms. The molecule has 16 heteroatoms. The van der Waals surface area contributed by atoms with Gasteiger partial charge in [-0.05, 0) is 24.8 Å². The number of aromatic nitrogens is 4. The number of hydrogen-bond donors (Lipinski definition) is 4. The van der Waals surface area contributed by atoms with Crippen LogP contribution in [0.2, 0.25) is 0 Å². The summed E-state index contributed by atoms with van der Waals surface area (Å²) in [5.41, 5.74) is 9.17. The normalized spacial score (nSPS) is 12.6. The van der Waals surface area contributed by atoms with E-state index >= 15 is 0 Å². The SMILES string of the molecule is NC(=O)c1[nH]nc2c1CCCc1cncnc1-2.O=C(O)C(F)(F)F.O=C(O)C(F)(F)F. The van der Waals surface area contributed by atoms with Crippen molar-refractivity contribution in [3.63, 3.8) is 0 Å². The predicted octanol–water partition coefficient (Wildman–Crippen LogP) is 1.72. The molecular formula is C15H13F6N5O5. The maximum Gasteiger partial charge on any atom is 0.490 e. The highest BCUT2D eigenvalue weighted by molar-refractivity contribution is 5.94. The van der Waals surface area contributed by atoms with Crippen molar-refractivity contribution in [1.29, 1.82) is 0 Å². The average molecular weight is 457 g/mol. The molecule has 1 aliphatic rings.